The zero-order chi connectivity index (χ0) is 10.6. The largest absolute Gasteiger partial charge is 0.788 e. The molecule has 0 amide bonds. The van der Waals surface area contributed by atoms with E-state index < -0.39 is 31.9 Å². The number of hydrogen-bond acceptors (Lipinski definition) is 6. The van der Waals surface area contributed by atoms with Gasteiger partial charge in [-0.15, -0.1) is 0 Å². The van der Waals surface area contributed by atoms with Gasteiger partial charge in [-0.3, -0.25) is 5.09 Å². The topological polar surface area (TPSA) is 132 Å². The van der Waals surface area contributed by atoms with E-state index in [4.69, 9.17) is 0 Å². The van der Waals surface area contributed by atoms with Crippen molar-refractivity contribution in [3.05, 3.63) is 0 Å². The predicted octanol–water partition coefficient (Wildman–Crippen LogP) is -3.98. The Hall–Kier alpha value is -0.910. The highest BCUT2D eigenvalue weighted by molar-refractivity contribution is 7.53. The molecule has 0 saturated carbocycles. The van der Waals surface area contributed by atoms with E-state index in [1.165, 1.54) is 0 Å². The normalized spacial score (nSPS) is 17.4. The number of aliphatic carboxylic acids is 2. The molecule has 0 aromatic rings. The van der Waals surface area contributed by atoms with Crippen molar-refractivity contribution >= 4 is 19.5 Å². The molecule has 0 saturated heterocycles. The summed E-state index contributed by atoms with van der Waals surface area (Å²) in [5.41, 5.74) is 0. The third kappa shape index (κ3) is 6.27. The molecule has 7 nitrogen and oxygen atoms in total. The maximum atomic E-state index is 10.5. The first-order chi connectivity index (χ1) is 5.72. The van der Waals surface area contributed by atoms with Crippen LogP contribution in [0.4, 0.5) is 0 Å². The summed E-state index contributed by atoms with van der Waals surface area (Å²) in [5, 5.41) is 21.8. The van der Waals surface area contributed by atoms with Crippen LogP contribution in [0.1, 0.15) is 6.42 Å². The highest BCUT2D eigenvalue weighted by atomic mass is 31.2. The molecule has 0 aliphatic rings. The quantitative estimate of drug-likeness (QED) is 0.455. The standard InChI is InChI=1S/C5H10NO6P/c1-13(11,12)6-3(5(9)10)2-4(7)8/h3H,2H2,1H3,(H,7,8)(H,9,10)(H2,6,11,12)/p-3/t3-/m0/s1. The first-order valence-electron chi connectivity index (χ1n) is 3.19. The summed E-state index contributed by atoms with van der Waals surface area (Å²) in [4.78, 5) is 30.7. The van der Waals surface area contributed by atoms with Crippen LogP contribution in [0, 0.1) is 0 Å². The minimum absolute atomic E-state index is 0.734. The molecule has 0 heterocycles. The summed E-state index contributed by atoms with van der Waals surface area (Å²) >= 11 is 0. The lowest BCUT2D eigenvalue weighted by molar-refractivity contribution is -0.317. The van der Waals surface area contributed by atoms with Crippen LogP contribution in [0.3, 0.4) is 0 Å². The first kappa shape index (κ1) is 12.1. The van der Waals surface area contributed by atoms with E-state index in [-0.39, 0.29) is 0 Å². The second-order valence-corrected chi connectivity index (χ2v) is 4.37. The monoisotopic (exact) mass is 208 g/mol. The summed E-state index contributed by atoms with van der Waals surface area (Å²) in [5.74, 6) is -3.47. The SMILES string of the molecule is CP(=O)([O-])N[C@@H](CC(=O)[O-])C(=O)[O-]. The number of carboxylic acid groups (broad SMARTS) is 2. The minimum atomic E-state index is -4.04. The number of hydrogen-bond donors (Lipinski definition) is 1. The third-order valence-corrected chi connectivity index (χ3v) is 1.83. The highest BCUT2D eigenvalue weighted by Crippen LogP contribution is 2.24. The highest BCUT2D eigenvalue weighted by Gasteiger charge is 2.13. The zero-order valence-electron chi connectivity index (χ0n) is 6.68. The number of carbonyl (C=O) groups is 2. The number of carboxylic acids is 2. The van der Waals surface area contributed by atoms with Crippen molar-refractivity contribution in [1.29, 1.82) is 0 Å². The van der Waals surface area contributed by atoms with E-state index in [0.717, 1.165) is 6.66 Å². The van der Waals surface area contributed by atoms with Crippen LogP contribution in [-0.4, -0.2) is 24.6 Å². The molecule has 76 valence electrons. The molecule has 0 spiro atoms. The zero-order valence-corrected chi connectivity index (χ0v) is 7.58. The molecule has 0 aromatic carbocycles. The van der Waals surface area contributed by atoms with Crippen LogP contribution >= 0.6 is 7.52 Å². The molecule has 0 aromatic heterocycles. The van der Waals surface area contributed by atoms with Crippen molar-refractivity contribution in [2.75, 3.05) is 6.66 Å². The van der Waals surface area contributed by atoms with Gasteiger partial charge in [-0.1, -0.05) is 0 Å². The van der Waals surface area contributed by atoms with Crippen LogP contribution in [0.25, 0.3) is 0 Å². The number of rotatable bonds is 5. The van der Waals surface area contributed by atoms with E-state index in [1.807, 2.05) is 0 Å². The number of carbonyl (C=O) groups excluding carboxylic acids is 2. The lowest BCUT2D eigenvalue weighted by Gasteiger charge is -2.27. The Morgan fingerprint density at radius 3 is 2.15 bits per heavy atom. The summed E-state index contributed by atoms with van der Waals surface area (Å²) < 4.78 is 10.5. The van der Waals surface area contributed by atoms with Crippen molar-refractivity contribution in [1.82, 2.24) is 5.09 Å². The van der Waals surface area contributed by atoms with Gasteiger partial charge in [-0.05, 0) is 6.66 Å². The van der Waals surface area contributed by atoms with Gasteiger partial charge in [0.05, 0.1) is 19.5 Å². The second kappa shape index (κ2) is 4.36. The van der Waals surface area contributed by atoms with Gasteiger partial charge in [0.1, 0.15) is 0 Å². The van der Waals surface area contributed by atoms with Gasteiger partial charge in [-0.2, -0.15) is 0 Å². The molecule has 0 bridgehead atoms. The van der Waals surface area contributed by atoms with Crippen LogP contribution in [0.15, 0.2) is 0 Å². The Labute approximate surface area is 73.9 Å². The van der Waals surface area contributed by atoms with E-state index in [1.54, 1.807) is 5.09 Å². The fourth-order valence-corrected chi connectivity index (χ4v) is 1.39. The molecule has 1 unspecified atom stereocenters. The molecule has 0 radical (unpaired) electrons. The van der Waals surface area contributed by atoms with E-state index in [2.05, 4.69) is 0 Å². The van der Waals surface area contributed by atoms with Gasteiger partial charge < -0.3 is 29.3 Å². The van der Waals surface area contributed by atoms with Crippen LogP contribution < -0.4 is 20.2 Å². The maximum absolute atomic E-state index is 10.5. The van der Waals surface area contributed by atoms with Crippen molar-refractivity contribution < 1.29 is 29.3 Å². The molecule has 0 fully saturated rings. The Morgan fingerprint density at radius 1 is 1.46 bits per heavy atom. The average Bonchev–Trinajstić information content (AvgIpc) is 1.81. The molecule has 0 aliphatic heterocycles. The van der Waals surface area contributed by atoms with E-state index in [0.29, 0.717) is 0 Å². The molecule has 1 N–H and O–H groups in total. The third-order valence-electron chi connectivity index (χ3n) is 1.05. The first-order valence-corrected chi connectivity index (χ1v) is 5.26. The van der Waals surface area contributed by atoms with Crippen molar-refractivity contribution in [2.24, 2.45) is 0 Å². The van der Waals surface area contributed by atoms with Gasteiger partial charge in [0.2, 0.25) is 0 Å². The summed E-state index contributed by atoms with van der Waals surface area (Å²) in [7, 11) is -4.04. The van der Waals surface area contributed by atoms with Gasteiger partial charge in [0.15, 0.2) is 0 Å². The minimum Gasteiger partial charge on any atom is -0.788 e. The lowest BCUT2D eigenvalue weighted by atomic mass is 10.2. The molecule has 0 rings (SSSR count). The summed E-state index contributed by atoms with van der Waals surface area (Å²) in [6.07, 6.45) is -0.956. The second-order valence-electron chi connectivity index (χ2n) is 2.42. The van der Waals surface area contributed by atoms with Gasteiger partial charge >= 0.3 is 0 Å². The summed E-state index contributed by atoms with van der Waals surface area (Å²) in [6, 6.07) is -1.78. The van der Waals surface area contributed by atoms with E-state index in [9.17, 15) is 29.3 Å². The fourth-order valence-electron chi connectivity index (χ4n) is 0.631. The molecule has 13 heavy (non-hydrogen) atoms. The van der Waals surface area contributed by atoms with Crippen molar-refractivity contribution in [3.63, 3.8) is 0 Å². The lowest BCUT2D eigenvalue weighted by Crippen LogP contribution is -2.48. The smallest absolute Gasteiger partial charge is 0.0744 e. The molecular formula is C5H7NO6P-3. The van der Waals surface area contributed by atoms with Crippen LogP contribution in [0.2, 0.25) is 0 Å². The Balaban J connectivity index is 4.36. The summed E-state index contributed by atoms with van der Waals surface area (Å²) in [6.45, 7) is 0.734. The number of nitrogens with one attached hydrogen (secondary N) is 1. The Kier molecular flexibility index (Phi) is 4.06. The van der Waals surface area contributed by atoms with Gasteiger partial charge in [-0.25, -0.2) is 0 Å². The molecule has 0 aliphatic carbocycles. The molecule has 8 heteroatoms. The van der Waals surface area contributed by atoms with Crippen molar-refractivity contribution in [3.8, 4) is 0 Å². The van der Waals surface area contributed by atoms with Crippen molar-refractivity contribution in [2.45, 2.75) is 12.5 Å². The van der Waals surface area contributed by atoms with Gasteiger partial charge in [0, 0.05) is 12.4 Å². The predicted molar refractivity (Wildman–Crippen MR) is 35.1 cm³/mol. The maximum Gasteiger partial charge on any atom is 0.0744 e. The molecular weight excluding hydrogens is 201 g/mol. The van der Waals surface area contributed by atoms with Crippen LogP contribution in [-0.2, 0) is 14.2 Å². The van der Waals surface area contributed by atoms with E-state index >= 15 is 0 Å². The fraction of sp³-hybridized carbons (Fsp3) is 0.600. The Morgan fingerprint density at radius 2 is 1.92 bits per heavy atom. The Bertz CT molecular complexity index is 258. The average molecular weight is 208 g/mol. The van der Waals surface area contributed by atoms with Crippen LogP contribution in [0.5, 0.6) is 0 Å². The molecule has 2 atom stereocenters. The van der Waals surface area contributed by atoms with Gasteiger partial charge in [0.25, 0.3) is 0 Å².